The van der Waals surface area contributed by atoms with Gasteiger partial charge in [0.15, 0.2) is 5.75 Å². The number of hydrogen-bond acceptors (Lipinski definition) is 5. The zero-order valence-electron chi connectivity index (χ0n) is 14.3. The van der Waals surface area contributed by atoms with Gasteiger partial charge in [-0.25, -0.2) is 0 Å². The smallest absolute Gasteiger partial charge is 0.501 e. The van der Waals surface area contributed by atoms with Crippen LogP contribution in [0.25, 0.3) is 0 Å². The van der Waals surface area contributed by atoms with Gasteiger partial charge in [-0.05, 0) is 36.4 Å². The number of nitrogens with two attached hydrogens (primary N) is 1. The maximum Gasteiger partial charge on any atom is 0.788 e. The van der Waals surface area contributed by atoms with Crippen molar-refractivity contribution in [2.45, 2.75) is 0 Å². The van der Waals surface area contributed by atoms with Gasteiger partial charge in [0.05, 0.1) is 0 Å². The molecule has 0 aliphatic carbocycles. The quantitative estimate of drug-likeness (QED) is 0.594. The second kappa shape index (κ2) is 9.51. The Bertz CT molecular complexity index is 786. The van der Waals surface area contributed by atoms with E-state index in [1.54, 1.807) is 6.07 Å². The third-order valence-electron chi connectivity index (χ3n) is 3.39. The lowest BCUT2D eigenvalue weighted by Gasteiger charge is -2.17. The number of para-hydroxylation sites is 4. The van der Waals surface area contributed by atoms with Crippen LogP contribution in [0.1, 0.15) is 0 Å². The van der Waals surface area contributed by atoms with Crippen molar-refractivity contribution in [1.29, 1.82) is 0 Å². The molecule has 0 bridgehead atoms. The summed E-state index contributed by atoms with van der Waals surface area (Å²) in [4.78, 5) is 0. The Morgan fingerprint density at radius 1 is 0.654 bits per heavy atom. The van der Waals surface area contributed by atoms with Crippen LogP contribution in [0, 0.1) is 0 Å². The monoisotopic (exact) mass is 349 g/mol. The summed E-state index contributed by atoms with van der Waals surface area (Å²) in [6.07, 6.45) is 0. The highest BCUT2D eigenvalue weighted by Crippen LogP contribution is 2.31. The van der Waals surface area contributed by atoms with E-state index in [1.807, 2.05) is 78.9 Å². The van der Waals surface area contributed by atoms with E-state index >= 15 is 0 Å². The third kappa shape index (κ3) is 5.27. The standard InChI is InChI=1S/C20H20BNO4/c22-15-16-23-21(25-18-11-5-2-6-12-18)26-20-14-8-7-13-19(20)24-17-9-3-1-4-10-17/h1-14H,15-16,22H2. The fourth-order valence-corrected chi connectivity index (χ4v) is 2.22. The molecule has 3 aromatic rings. The second-order valence-corrected chi connectivity index (χ2v) is 5.36. The Hall–Kier alpha value is -2.96. The molecule has 0 saturated carbocycles. The molecule has 6 heteroatoms. The van der Waals surface area contributed by atoms with Gasteiger partial charge in [0, 0.05) is 13.2 Å². The number of hydrogen-bond donors (Lipinski definition) is 1. The predicted molar refractivity (Wildman–Crippen MR) is 101 cm³/mol. The van der Waals surface area contributed by atoms with Crippen LogP contribution in [0.5, 0.6) is 23.0 Å². The highest BCUT2D eigenvalue weighted by Gasteiger charge is 2.28. The molecule has 0 aliphatic heterocycles. The van der Waals surface area contributed by atoms with Crippen LogP contribution < -0.4 is 19.8 Å². The number of benzene rings is 3. The van der Waals surface area contributed by atoms with Crippen molar-refractivity contribution >= 4 is 7.32 Å². The summed E-state index contributed by atoms with van der Waals surface area (Å²) in [6.45, 7) is 0.666. The summed E-state index contributed by atoms with van der Waals surface area (Å²) in [6, 6.07) is 26.2. The van der Waals surface area contributed by atoms with E-state index in [-0.39, 0.29) is 0 Å². The van der Waals surface area contributed by atoms with Crippen LogP contribution in [0.2, 0.25) is 0 Å². The lowest BCUT2D eigenvalue weighted by molar-refractivity contribution is 0.204. The molecule has 0 aliphatic rings. The maximum absolute atomic E-state index is 5.90. The Labute approximate surface area is 153 Å². The normalized spacial score (nSPS) is 10.2. The molecule has 3 rings (SSSR count). The molecule has 0 atom stereocenters. The lowest BCUT2D eigenvalue weighted by atomic mass is 10.2. The molecule has 0 unspecified atom stereocenters. The molecule has 5 nitrogen and oxygen atoms in total. The zero-order chi connectivity index (χ0) is 18.0. The molecule has 132 valence electrons. The van der Waals surface area contributed by atoms with E-state index in [0.717, 1.165) is 0 Å². The average Bonchev–Trinajstić information content (AvgIpc) is 2.69. The number of ether oxygens (including phenoxy) is 1. The highest BCUT2D eigenvalue weighted by molar-refractivity contribution is 6.38. The summed E-state index contributed by atoms with van der Waals surface area (Å²) in [5.74, 6) is 2.42. The molecule has 0 amide bonds. The number of rotatable bonds is 9. The van der Waals surface area contributed by atoms with Crippen molar-refractivity contribution in [2.75, 3.05) is 13.2 Å². The van der Waals surface area contributed by atoms with Crippen LogP contribution in [0.4, 0.5) is 0 Å². The van der Waals surface area contributed by atoms with Crippen molar-refractivity contribution < 1.29 is 18.7 Å². The van der Waals surface area contributed by atoms with Crippen molar-refractivity contribution in [2.24, 2.45) is 5.73 Å². The Morgan fingerprint density at radius 2 is 1.23 bits per heavy atom. The van der Waals surface area contributed by atoms with Gasteiger partial charge in [-0.1, -0.05) is 48.5 Å². The fraction of sp³-hybridized carbons (Fsp3) is 0.100. The maximum atomic E-state index is 5.90. The Kier molecular flexibility index (Phi) is 6.53. The largest absolute Gasteiger partial charge is 0.788 e. The molecule has 0 saturated heterocycles. The topological polar surface area (TPSA) is 62.9 Å². The predicted octanol–water partition coefficient (Wildman–Crippen LogP) is 3.90. The minimum absolute atomic E-state index is 0.305. The first-order chi connectivity index (χ1) is 12.8. The van der Waals surface area contributed by atoms with Crippen LogP contribution in [0.15, 0.2) is 84.9 Å². The van der Waals surface area contributed by atoms with Crippen molar-refractivity contribution in [3.63, 3.8) is 0 Å². The molecule has 2 N–H and O–H groups in total. The highest BCUT2D eigenvalue weighted by atomic mass is 16.7. The van der Waals surface area contributed by atoms with Gasteiger partial charge >= 0.3 is 7.32 Å². The van der Waals surface area contributed by atoms with Gasteiger partial charge in [0.2, 0.25) is 0 Å². The zero-order valence-corrected chi connectivity index (χ0v) is 14.3. The molecule has 0 spiro atoms. The van der Waals surface area contributed by atoms with E-state index in [0.29, 0.717) is 36.1 Å². The summed E-state index contributed by atoms with van der Waals surface area (Å²) < 4.78 is 23.2. The molecule has 0 heterocycles. The molecule has 3 aromatic carbocycles. The summed E-state index contributed by atoms with van der Waals surface area (Å²) in [5, 5.41) is 0. The van der Waals surface area contributed by atoms with Crippen LogP contribution in [-0.4, -0.2) is 20.5 Å². The van der Waals surface area contributed by atoms with Crippen LogP contribution in [0.3, 0.4) is 0 Å². The first kappa shape index (κ1) is 17.9. The van der Waals surface area contributed by atoms with E-state index in [9.17, 15) is 0 Å². The Balaban J connectivity index is 1.75. The van der Waals surface area contributed by atoms with Gasteiger partial charge in [0.25, 0.3) is 0 Å². The van der Waals surface area contributed by atoms with E-state index < -0.39 is 7.32 Å². The van der Waals surface area contributed by atoms with Gasteiger partial charge in [-0.15, -0.1) is 0 Å². The fourth-order valence-electron chi connectivity index (χ4n) is 2.22. The minimum Gasteiger partial charge on any atom is -0.501 e. The third-order valence-corrected chi connectivity index (χ3v) is 3.39. The summed E-state index contributed by atoms with van der Waals surface area (Å²) in [5.41, 5.74) is 5.53. The van der Waals surface area contributed by atoms with Gasteiger partial charge in [-0.2, -0.15) is 0 Å². The average molecular weight is 349 g/mol. The van der Waals surface area contributed by atoms with Gasteiger partial charge in [0.1, 0.15) is 17.2 Å². The molecule has 0 radical (unpaired) electrons. The first-order valence-electron chi connectivity index (χ1n) is 8.37. The molecule has 0 aromatic heterocycles. The van der Waals surface area contributed by atoms with Gasteiger partial charge < -0.3 is 24.4 Å². The second-order valence-electron chi connectivity index (χ2n) is 5.36. The molecule has 0 fully saturated rings. The van der Waals surface area contributed by atoms with Crippen LogP contribution >= 0.6 is 0 Å². The minimum atomic E-state index is -0.943. The Morgan fingerprint density at radius 3 is 1.88 bits per heavy atom. The molecule has 26 heavy (non-hydrogen) atoms. The first-order valence-corrected chi connectivity index (χ1v) is 8.37. The molecular formula is C20H20BNO4. The van der Waals surface area contributed by atoms with Gasteiger partial charge in [-0.3, -0.25) is 0 Å². The van der Waals surface area contributed by atoms with Crippen molar-refractivity contribution in [3.8, 4) is 23.0 Å². The SMILES string of the molecule is NCCOB(Oc1ccccc1)Oc1ccccc1Oc1ccccc1. The lowest BCUT2D eigenvalue weighted by Crippen LogP contribution is -2.35. The van der Waals surface area contributed by atoms with Crippen molar-refractivity contribution in [1.82, 2.24) is 0 Å². The van der Waals surface area contributed by atoms with Crippen LogP contribution in [-0.2, 0) is 4.65 Å². The summed E-state index contributed by atoms with van der Waals surface area (Å²) >= 11 is 0. The summed E-state index contributed by atoms with van der Waals surface area (Å²) in [7, 11) is -0.943. The van der Waals surface area contributed by atoms with E-state index in [4.69, 9.17) is 24.4 Å². The van der Waals surface area contributed by atoms with E-state index in [1.165, 1.54) is 0 Å². The van der Waals surface area contributed by atoms with E-state index in [2.05, 4.69) is 0 Å². The molecular weight excluding hydrogens is 329 g/mol. The van der Waals surface area contributed by atoms with Crippen molar-refractivity contribution in [3.05, 3.63) is 84.9 Å².